The first-order valence-electron chi connectivity index (χ1n) is 7.25. The van der Waals surface area contributed by atoms with Crippen LogP contribution in [0.4, 0.5) is 0 Å². The molecule has 2 N–H and O–H groups in total. The topological polar surface area (TPSA) is 80.5 Å². The molecule has 0 aromatic heterocycles. The van der Waals surface area contributed by atoms with Gasteiger partial charge in [-0.1, -0.05) is 32.0 Å². The average molecular weight is 351 g/mol. The van der Waals surface area contributed by atoms with E-state index in [0.29, 0.717) is 25.1 Å². The van der Waals surface area contributed by atoms with E-state index in [1.165, 1.54) is 4.90 Å². The minimum Gasteiger partial charge on any atom is -0.392 e. The van der Waals surface area contributed by atoms with Gasteiger partial charge in [-0.3, -0.25) is 4.79 Å². The zero-order valence-electron chi connectivity index (χ0n) is 12.2. The van der Waals surface area contributed by atoms with Crippen LogP contribution in [0, 0.1) is 5.41 Å². The molecule has 1 heterocycles. The Morgan fingerprint density at radius 2 is 2.05 bits per heavy atom. The molecular weight excluding hydrogens is 328 g/mol. The Kier molecular flexibility index (Phi) is 5.20. The molecule has 2 fully saturated rings. The van der Waals surface area contributed by atoms with Gasteiger partial charge in [0.15, 0.2) is 9.84 Å². The molecule has 1 aliphatic heterocycles. The van der Waals surface area contributed by atoms with Crippen molar-refractivity contribution in [1.29, 1.82) is 0 Å². The fourth-order valence-electron chi connectivity index (χ4n) is 3.12. The normalized spacial score (nSPS) is 25.8. The molecule has 1 unspecified atom stereocenters. The Hall–Kier alpha value is -0.340. The molecule has 0 aromatic rings. The van der Waals surface area contributed by atoms with E-state index in [2.05, 4.69) is 0 Å². The maximum absolute atomic E-state index is 13.0. The Bertz CT molecular complexity index is 527. The molecule has 0 bridgehead atoms. The Labute approximate surface area is 135 Å². The van der Waals surface area contributed by atoms with Gasteiger partial charge in [-0.15, -0.1) is 0 Å². The summed E-state index contributed by atoms with van der Waals surface area (Å²) in [6.07, 6.45) is 3.11. The highest BCUT2D eigenvalue weighted by atomic mass is 32.2. The minimum absolute atomic E-state index is 0.0437. The molecule has 0 spiro atoms. The predicted molar refractivity (Wildman–Crippen MR) is 90.0 cm³/mol. The lowest BCUT2D eigenvalue weighted by Gasteiger charge is -2.40. The third kappa shape index (κ3) is 3.07. The summed E-state index contributed by atoms with van der Waals surface area (Å²) in [5.41, 5.74) is 5.04. The summed E-state index contributed by atoms with van der Waals surface area (Å²) < 4.78 is 24.6. The van der Waals surface area contributed by atoms with E-state index >= 15 is 0 Å². The first kappa shape index (κ1) is 17.0. The van der Waals surface area contributed by atoms with E-state index in [4.69, 9.17) is 18.0 Å². The van der Waals surface area contributed by atoms with Crippen LogP contribution in [0.5, 0.6) is 0 Å². The van der Waals surface area contributed by atoms with Gasteiger partial charge in [-0.05, 0) is 12.8 Å². The second kappa shape index (κ2) is 6.42. The van der Waals surface area contributed by atoms with Crippen LogP contribution in [0.2, 0.25) is 0 Å². The maximum atomic E-state index is 13.0. The lowest BCUT2D eigenvalue weighted by molar-refractivity contribution is -0.138. The first-order chi connectivity index (χ1) is 9.85. The van der Waals surface area contributed by atoms with Gasteiger partial charge in [0.25, 0.3) is 0 Å². The zero-order chi connectivity index (χ0) is 15.7. The van der Waals surface area contributed by atoms with E-state index in [1.807, 2.05) is 0 Å². The molecule has 1 saturated heterocycles. The molecule has 0 aromatic carbocycles. The lowest BCUT2D eigenvalue weighted by Crippen LogP contribution is -2.57. The summed E-state index contributed by atoms with van der Waals surface area (Å²) in [6.45, 7) is 2.08. The highest BCUT2D eigenvalue weighted by molar-refractivity contribution is 8.01. The number of hydrogen-bond acceptors (Lipinski definition) is 5. The molecule has 120 valence electrons. The minimum atomic E-state index is -3.30. The van der Waals surface area contributed by atoms with Crippen molar-refractivity contribution in [3.8, 4) is 0 Å². The molecule has 8 heteroatoms. The fraction of sp³-hybridized carbons (Fsp3) is 0.846. The standard InChI is InChI=1S/C13H22N2O3S3/c1-2-21(17,18)10-9-20-8-7-15(10)12(16)13(11(14)19)5-3-4-6-13/h10H,2-9H2,1H3,(H2,14,19). The average Bonchev–Trinajstić information content (AvgIpc) is 2.97. The van der Waals surface area contributed by atoms with Gasteiger partial charge in [0.1, 0.15) is 5.37 Å². The van der Waals surface area contributed by atoms with Gasteiger partial charge < -0.3 is 10.6 Å². The number of nitrogens with zero attached hydrogens (tertiary/aromatic N) is 1. The molecule has 2 aliphatic rings. The van der Waals surface area contributed by atoms with E-state index < -0.39 is 20.6 Å². The highest BCUT2D eigenvalue weighted by Gasteiger charge is 2.49. The zero-order valence-corrected chi connectivity index (χ0v) is 14.7. The Balaban J connectivity index is 2.33. The second-order valence-corrected chi connectivity index (χ2v) is 9.67. The summed E-state index contributed by atoms with van der Waals surface area (Å²) in [5.74, 6) is 1.07. The number of thioether (sulfide) groups is 1. The number of nitrogens with two attached hydrogens (primary N) is 1. The van der Waals surface area contributed by atoms with Crippen LogP contribution >= 0.6 is 24.0 Å². The molecule has 1 atom stereocenters. The number of carbonyl (C=O) groups excluding carboxylic acids is 1. The molecule has 5 nitrogen and oxygen atoms in total. The first-order valence-corrected chi connectivity index (χ1v) is 10.5. The Morgan fingerprint density at radius 1 is 1.43 bits per heavy atom. The summed E-state index contributed by atoms with van der Waals surface area (Å²) in [7, 11) is -3.30. The lowest BCUT2D eigenvalue weighted by atomic mass is 9.84. The molecule has 1 amide bonds. The predicted octanol–water partition coefficient (Wildman–Crippen LogP) is 1.17. The van der Waals surface area contributed by atoms with E-state index in [0.717, 1.165) is 18.6 Å². The third-order valence-electron chi connectivity index (χ3n) is 4.50. The number of hydrogen-bond donors (Lipinski definition) is 1. The van der Waals surface area contributed by atoms with E-state index in [9.17, 15) is 13.2 Å². The van der Waals surface area contributed by atoms with Crippen LogP contribution in [-0.2, 0) is 14.6 Å². The van der Waals surface area contributed by atoms with Gasteiger partial charge in [-0.25, -0.2) is 8.42 Å². The van der Waals surface area contributed by atoms with Gasteiger partial charge in [0, 0.05) is 23.8 Å². The number of rotatable bonds is 4. The van der Waals surface area contributed by atoms with Crippen molar-refractivity contribution in [2.75, 3.05) is 23.8 Å². The van der Waals surface area contributed by atoms with E-state index in [-0.39, 0.29) is 16.6 Å². The van der Waals surface area contributed by atoms with Crippen molar-refractivity contribution < 1.29 is 13.2 Å². The van der Waals surface area contributed by atoms with Crippen LogP contribution in [0.3, 0.4) is 0 Å². The molecule has 2 rings (SSSR count). The third-order valence-corrected chi connectivity index (χ3v) is 8.18. The highest BCUT2D eigenvalue weighted by Crippen LogP contribution is 2.41. The number of amides is 1. The quantitative estimate of drug-likeness (QED) is 0.767. The van der Waals surface area contributed by atoms with Gasteiger partial charge in [0.05, 0.1) is 10.4 Å². The van der Waals surface area contributed by atoms with Crippen molar-refractivity contribution in [2.24, 2.45) is 11.1 Å². The van der Waals surface area contributed by atoms with E-state index in [1.54, 1.807) is 18.7 Å². The largest absolute Gasteiger partial charge is 0.392 e. The summed E-state index contributed by atoms with van der Waals surface area (Å²) in [6, 6.07) is 0. The summed E-state index contributed by atoms with van der Waals surface area (Å²) >= 11 is 6.73. The van der Waals surface area contributed by atoms with Crippen LogP contribution < -0.4 is 5.73 Å². The molecular formula is C13H22N2O3S3. The molecule has 1 aliphatic carbocycles. The van der Waals surface area contributed by atoms with Crippen molar-refractivity contribution in [2.45, 2.75) is 38.0 Å². The van der Waals surface area contributed by atoms with Crippen molar-refractivity contribution in [3.63, 3.8) is 0 Å². The number of thiocarbonyl (C=S) groups is 1. The van der Waals surface area contributed by atoms with Gasteiger partial charge in [0.2, 0.25) is 5.91 Å². The molecule has 21 heavy (non-hydrogen) atoms. The van der Waals surface area contributed by atoms with Crippen molar-refractivity contribution in [3.05, 3.63) is 0 Å². The fourth-order valence-corrected chi connectivity index (χ4v) is 6.38. The summed E-state index contributed by atoms with van der Waals surface area (Å²) in [5, 5.41) is -0.736. The SMILES string of the molecule is CCS(=O)(=O)C1CSCCN1C(=O)C1(C(N)=S)CCCC1. The van der Waals surface area contributed by atoms with Crippen LogP contribution in [0.25, 0.3) is 0 Å². The number of sulfone groups is 1. The number of carbonyl (C=O) groups is 1. The maximum Gasteiger partial charge on any atom is 0.236 e. The smallest absolute Gasteiger partial charge is 0.236 e. The second-order valence-electron chi connectivity index (χ2n) is 5.63. The Morgan fingerprint density at radius 3 is 2.57 bits per heavy atom. The van der Waals surface area contributed by atoms with Crippen molar-refractivity contribution >= 4 is 44.7 Å². The van der Waals surface area contributed by atoms with Gasteiger partial charge in [-0.2, -0.15) is 11.8 Å². The van der Waals surface area contributed by atoms with Crippen LogP contribution in [0.15, 0.2) is 0 Å². The van der Waals surface area contributed by atoms with Crippen LogP contribution in [-0.4, -0.2) is 53.4 Å². The summed E-state index contributed by atoms with van der Waals surface area (Å²) in [4.78, 5) is 14.8. The van der Waals surface area contributed by atoms with Crippen LogP contribution in [0.1, 0.15) is 32.6 Å². The molecule has 1 saturated carbocycles. The monoisotopic (exact) mass is 350 g/mol. The van der Waals surface area contributed by atoms with Crippen molar-refractivity contribution in [1.82, 2.24) is 4.90 Å². The van der Waals surface area contributed by atoms with Gasteiger partial charge >= 0.3 is 0 Å². The molecule has 0 radical (unpaired) electrons.